The molecule has 2 heterocycles. The van der Waals surface area contributed by atoms with E-state index in [9.17, 15) is 9.59 Å². The number of hydrogen-bond donors (Lipinski definition) is 3. The average Bonchev–Trinajstić information content (AvgIpc) is 3.31. The van der Waals surface area contributed by atoms with Crippen LogP contribution in [0.1, 0.15) is 32.8 Å². The number of carbonyl (C=O) groups excluding carboxylic acids is 3. The Morgan fingerprint density at radius 3 is 2.62 bits per heavy atom. The van der Waals surface area contributed by atoms with E-state index in [-0.39, 0.29) is 23.6 Å². The number of amides is 1. The Balaban J connectivity index is 0.000000837. The lowest BCUT2D eigenvalue weighted by Crippen LogP contribution is -2.70. The quantitative estimate of drug-likeness (QED) is 0.481. The number of oxime groups is 1. The number of fused-ring (bicyclic) bond motifs is 1. The van der Waals surface area contributed by atoms with Gasteiger partial charge in [-0.1, -0.05) is 35.0 Å². The first-order chi connectivity index (χ1) is 15.1. The summed E-state index contributed by atoms with van der Waals surface area (Å²) in [6.07, 6.45) is 1.48. The molecule has 0 bridgehead atoms. The van der Waals surface area contributed by atoms with E-state index in [4.69, 9.17) is 31.1 Å². The Labute approximate surface area is 190 Å². The number of carbonyl (C=O) groups is 3. The molecule has 0 saturated heterocycles. The van der Waals surface area contributed by atoms with Crippen LogP contribution in [0.2, 0.25) is 0 Å². The van der Waals surface area contributed by atoms with Crippen LogP contribution in [-0.4, -0.2) is 52.3 Å². The van der Waals surface area contributed by atoms with Gasteiger partial charge in [0.05, 0.1) is 6.10 Å². The molecule has 3 atom stereocenters. The third-order valence-electron chi connectivity index (χ3n) is 4.44. The van der Waals surface area contributed by atoms with Crippen LogP contribution in [0.3, 0.4) is 0 Å². The van der Waals surface area contributed by atoms with Crippen molar-refractivity contribution in [3.05, 3.63) is 36.0 Å². The van der Waals surface area contributed by atoms with Crippen molar-refractivity contribution in [2.75, 3.05) is 0 Å². The number of quaternary nitrogens is 1. The van der Waals surface area contributed by atoms with Gasteiger partial charge in [0.1, 0.15) is 5.17 Å². The molecule has 32 heavy (non-hydrogen) atoms. The number of rotatable bonds is 7. The molecule has 0 spiro atoms. The maximum Gasteiger partial charge on any atom is 0.332 e. The Bertz CT molecular complexity index is 986. The number of carboxylic acid groups (broad SMARTS) is 1. The number of ether oxygens (including phenoxy) is 1. The first kappa shape index (κ1) is 25.2. The van der Waals surface area contributed by atoms with E-state index in [0.29, 0.717) is 6.42 Å². The zero-order valence-electron chi connectivity index (χ0n) is 18.1. The van der Waals surface area contributed by atoms with Gasteiger partial charge in [0.15, 0.2) is 18.2 Å². The van der Waals surface area contributed by atoms with Crippen LogP contribution in [0.15, 0.2) is 35.6 Å². The van der Waals surface area contributed by atoms with Crippen LogP contribution in [0, 0.1) is 0 Å². The van der Waals surface area contributed by atoms with Crippen molar-refractivity contribution in [2.45, 2.75) is 57.9 Å². The fraction of sp³-hybridized carbons (Fsp3) is 0.429. The van der Waals surface area contributed by atoms with Gasteiger partial charge in [0.25, 0.3) is 5.91 Å². The first-order valence-corrected chi connectivity index (χ1v) is 10.4. The van der Waals surface area contributed by atoms with Crippen LogP contribution in [0.4, 0.5) is 0 Å². The lowest BCUT2D eigenvalue weighted by Gasteiger charge is -2.23. The van der Waals surface area contributed by atoms with Gasteiger partial charge in [-0.05, 0) is 32.4 Å². The Morgan fingerprint density at radius 2 is 2.03 bits per heavy atom. The molecular formula is C21H27ClN4O6. The highest BCUT2D eigenvalue weighted by molar-refractivity contribution is 6.65. The van der Waals surface area contributed by atoms with Crippen molar-refractivity contribution < 1.29 is 34.8 Å². The number of halogens is 1. The van der Waals surface area contributed by atoms with E-state index in [2.05, 4.69) is 21.2 Å². The molecule has 1 aliphatic heterocycles. The molecule has 2 aromatic rings. The van der Waals surface area contributed by atoms with Gasteiger partial charge < -0.3 is 35.5 Å². The molecule has 0 fully saturated rings. The molecule has 11 heteroatoms. The normalized spacial score (nSPS) is 16.9. The molecule has 5 N–H and O–H groups in total. The number of nitrogens with zero attached hydrogens (tertiary/aromatic N) is 1. The lowest BCUT2D eigenvalue weighted by molar-refractivity contribution is -0.403. The van der Waals surface area contributed by atoms with E-state index in [0.717, 1.165) is 23.4 Å². The fourth-order valence-corrected chi connectivity index (χ4v) is 3.28. The van der Waals surface area contributed by atoms with Crippen molar-refractivity contribution in [1.29, 1.82) is 0 Å². The number of H-pyrrole nitrogens is 1. The third-order valence-corrected chi connectivity index (χ3v) is 4.67. The summed E-state index contributed by atoms with van der Waals surface area (Å²) >= 11 is 5.86. The summed E-state index contributed by atoms with van der Waals surface area (Å²) in [4.78, 5) is 42.4. The van der Waals surface area contributed by atoms with Gasteiger partial charge in [0, 0.05) is 35.9 Å². The summed E-state index contributed by atoms with van der Waals surface area (Å²) in [5, 5.41) is 16.5. The summed E-state index contributed by atoms with van der Waals surface area (Å²) in [6.45, 7) is 4.44. The van der Waals surface area contributed by atoms with Gasteiger partial charge in [-0.2, -0.15) is 0 Å². The van der Waals surface area contributed by atoms with Crippen LogP contribution in [0.25, 0.3) is 10.9 Å². The van der Waals surface area contributed by atoms with Crippen molar-refractivity contribution in [1.82, 2.24) is 10.3 Å². The number of nitrogens with one attached hydrogen (secondary N) is 2. The Morgan fingerprint density at radius 1 is 1.38 bits per heavy atom. The van der Waals surface area contributed by atoms with E-state index in [1.807, 2.05) is 30.5 Å². The van der Waals surface area contributed by atoms with Gasteiger partial charge in [-0.3, -0.25) is 4.79 Å². The largest absolute Gasteiger partial charge is 0.550 e. The molecule has 1 aromatic carbocycles. The molecule has 1 aromatic heterocycles. The maximum absolute atomic E-state index is 12.7. The minimum absolute atomic E-state index is 0.226. The first-order valence-electron chi connectivity index (χ1n) is 10.0. The zero-order valence-corrected chi connectivity index (χ0v) is 18.8. The number of para-hydroxylation sites is 1. The predicted molar refractivity (Wildman–Crippen MR) is 115 cm³/mol. The number of aliphatic carboxylic acids is 1. The smallest absolute Gasteiger partial charge is 0.332 e. The molecular weight excluding hydrogens is 440 g/mol. The second-order valence-corrected chi connectivity index (χ2v) is 7.98. The molecule has 1 aliphatic rings. The molecule has 3 rings (SSSR count). The Hall–Kier alpha value is -3.11. The number of aromatic nitrogens is 1. The molecule has 1 amide bonds. The van der Waals surface area contributed by atoms with Crippen molar-refractivity contribution in [2.24, 2.45) is 5.16 Å². The molecule has 10 nitrogen and oxygen atoms in total. The molecule has 0 aliphatic carbocycles. The van der Waals surface area contributed by atoms with Crippen molar-refractivity contribution in [3.8, 4) is 0 Å². The molecule has 0 radical (unpaired) electrons. The highest BCUT2D eigenvalue weighted by Crippen LogP contribution is 2.20. The standard InChI is InChI=1S/C19H23ClN4O4.C2H4O2/c1-10(2)27-19(26)17(15-8-16(20)24-28-15)23-18(25)13(21)7-11-9-22-14-6-4-3-5-12(11)14;1-2(3)4/h3-6,9-10,13,15,17,22H,7-8,21H2,1-2H3,(H,23,25);1H3,(H,3,4)/t13-,15+,17+;/m1./s1. The number of esters is 1. The number of aromatic amines is 1. The number of carboxylic acids is 1. The van der Waals surface area contributed by atoms with E-state index >= 15 is 0 Å². The summed E-state index contributed by atoms with van der Waals surface area (Å²) in [5.74, 6) is -2.04. The van der Waals surface area contributed by atoms with Crippen LogP contribution in [0.5, 0.6) is 0 Å². The van der Waals surface area contributed by atoms with E-state index < -0.39 is 30.1 Å². The van der Waals surface area contributed by atoms with Crippen LogP contribution < -0.4 is 16.2 Å². The highest BCUT2D eigenvalue weighted by atomic mass is 35.5. The third kappa shape index (κ3) is 7.24. The Kier molecular flexibility index (Phi) is 9.03. The van der Waals surface area contributed by atoms with Gasteiger partial charge in [-0.15, -0.1) is 0 Å². The molecule has 0 saturated carbocycles. The summed E-state index contributed by atoms with van der Waals surface area (Å²) in [5.41, 5.74) is 5.94. The SMILES string of the molecule is CC(=O)[O-].CC(C)OC(=O)[C@@H](NC(=O)[C@H]([NH3+])Cc1c[nH]c2ccccc12)[C@@H]1CC(Cl)=NO1. The second-order valence-electron chi connectivity index (χ2n) is 7.54. The van der Waals surface area contributed by atoms with Crippen LogP contribution in [-0.2, 0) is 30.4 Å². The fourth-order valence-electron chi connectivity index (χ4n) is 3.08. The lowest BCUT2D eigenvalue weighted by atomic mass is 10.0. The summed E-state index contributed by atoms with van der Waals surface area (Å²) in [7, 11) is 0. The monoisotopic (exact) mass is 466 g/mol. The van der Waals surface area contributed by atoms with Gasteiger partial charge >= 0.3 is 5.97 Å². The van der Waals surface area contributed by atoms with E-state index in [1.54, 1.807) is 13.8 Å². The number of hydrogen-bond acceptors (Lipinski definition) is 7. The van der Waals surface area contributed by atoms with Crippen LogP contribution >= 0.6 is 11.6 Å². The minimum atomic E-state index is -1.08. The summed E-state index contributed by atoms with van der Waals surface area (Å²) < 4.78 is 5.25. The zero-order chi connectivity index (χ0) is 23.8. The van der Waals surface area contributed by atoms with Crippen molar-refractivity contribution >= 4 is 45.5 Å². The van der Waals surface area contributed by atoms with Gasteiger partial charge in [0.2, 0.25) is 0 Å². The molecule has 0 unspecified atom stereocenters. The maximum atomic E-state index is 12.7. The highest BCUT2D eigenvalue weighted by Gasteiger charge is 2.38. The van der Waals surface area contributed by atoms with Gasteiger partial charge in [-0.25, -0.2) is 4.79 Å². The topological polar surface area (TPSA) is 161 Å². The molecule has 174 valence electrons. The van der Waals surface area contributed by atoms with E-state index in [1.165, 1.54) is 0 Å². The predicted octanol–water partition coefficient (Wildman–Crippen LogP) is -0.145. The summed E-state index contributed by atoms with van der Waals surface area (Å²) in [6, 6.07) is 6.22. The minimum Gasteiger partial charge on any atom is -0.550 e. The van der Waals surface area contributed by atoms with Crippen molar-refractivity contribution in [3.63, 3.8) is 0 Å². The number of benzene rings is 1. The average molecular weight is 467 g/mol. The second kappa shape index (κ2) is 11.5.